The molecule has 26 heavy (non-hydrogen) atoms. The number of hydrogen-bond donors (Lipinski definition) is 1. The molecular formula is C19H20N4O2S. The minimum absolute atomic E-state index is 0.0392. The number of thioether (sulfide) groups is 1. The molecule has 0 saturated heterocycles. The summed E-state index contributed by atoms with van der Waals surface area (Å²) in [7, 11) is 0. The highest BCUT2D eigenvalue weighted by Gasteiger charge is 2.13. The summed E-state index contributed by atoms with van der Waals surface area (Å²) >= 11 is 1.29. The summed E-state index contributed by atoms with van der Waals surface area (Å²) in [5.74, 6) is 0.470. The van der Waals surface area contributed by atoms with Crippen molar-refractivity contribution < 1.29 is 9.90 Å². The van der Waals surface area contributed by atoms with Gasteiger partial charge in [0.05, 0.1) is 11.4 Å². The molecule has 0 aliphatic rings. The van der Waals surface area contributed by atoms with E-state index in [1.54, 1.807) is 28.9 Å². The molecule has 1 heterocycles. The summed E-state index contributed by atoms with van der Waals surface area (Å²) in [6, 6.07) is 14.4. The van der Waals surface area contributed by atoms with E-state index >= 15 is 0 Å². The van der Waals surface area contributed by atoms with Gasteiger partial charge in [0.25, 0.3) is 0 Å². The van der Waals surface area contributed by atoms with E-state index in [1.807, 2.05) is 24.3 Å². The van der Waals surface area contributed by atoms with Gasteiger partial charge in [-0.05, 0) is 53.1 Å². The smallest absolute Gasteiger partial charge is 0.214 e. The number of nitrogens with zero attached hydrogens (tertiary/aromatic N) is 4. The van der Waals surface area contributed by atoms with Crippen LogP contribution in [0.4, 0.5) is 0 Å². The molecule has 0 spiro atoms. The van der Waals surface area contributed by atoms with Gasteiger partial charge in [-0.3, -0.25) is 4.79 Å². The highest BCUT2D eigenvalue weighted by molar-refractivity contribution is 7.99. The van der Waals surface area contributed by atoms with Crippen LogP contribution in [0.1, 0.15) is 35.7 Å². The zero-order chi connectivity index (χ0) is 18.4. The van der Waals surface area contributed by atoms with Gasteiger partial charge in [0.15, 0.2) is 5.78 Å². The second-order valence-electron chi connectivity index (χ2n) is 5.90. The lowest BCUT2D eigenvalue weighted by atomic mass is 10.1. The number of unbranched alkanes of at least 4 members (excludes halogenated alkanes) is 1. The predicted molar refractivity (Wildman–Crippen MR) is 101 cm³/mol. The lowest BCUT2D eigenvalue weighted by molar-refractivity contribution is 0.102. The van der Waals surface area contributed by atoms with Crippen LogP contribution in [0.5, 0.6) is 5.75 Å². The van der Waals surface area contributed by atoms with E-state index in [1.165, 1.54) is 17.3 Å². The van der Waals surface area contributed by atoms with Gasteiger partial charge in [0, 0.05) is 5.56 Å². The van der Waals surface area contributed by atoms with E-state index in [0.29, 0.717) is 10.7 Å². The Hall–Kier alpha value is -2.67. The molecule has 0 amide bonds. The molecule has 3 rings (SSSR count). The average Bonchev–Trinajstić information content (AvgIpc) is 3.14. The maximum Gasteiger partial charge on any atom is 0.214 e. The maximum atomic E-state index is 12.4. The van der Waals surface area contributed by atoms with E-state index in [2.05, 4.69) is 22.4 Å². The van der Waals surface area contributed by atoms with Crippen molar-refractivity contribution in [1.29, 1.82) is 0 Å². The van der Waals surface area contributed by atoms with Crippen LogP contribution in [-0.4, -0.2) is 36.8 Å². The first-order chi connectivity index (χ1) is 12.7. The van der Waals surface area contributed by atoms with E-state index in [-0.39, 0.29) is 17.3 Å². The molecule has 1 N–H and O–H groups in total. The summed E-state index contributed by atoms with van der Waals surface area (Å²) in [5, 5.41) is 21.5. The second-order valence-corrected chi connectivity index (χ2v) is 6.84. The third kappa shape index (κ3) is 4.49. The van der Waals surface area contributed by atoms with E-state index in [9.17, 15) is 9.90 Å². The number of phenols is 1. The molecule has 0 saturated carbocycles. The zero-order valence-corrected chi connectivity index (χ0v) is 15.3. The highest BCUT2D eigenvalue weighted by Crippen LogP contribution is 2.21. The SMILES string of the molecule is CCCCc1ccc(C(=O)CSc2nnnn2-c2ccc(O)cc2)cc1. The first-order valence-electron chi connectivity index (χ1n) is 8.50. The molecule has 1 aromatic heterocycles. The molecule has 0 fully saturated rings. The predicted octanol–water partition coefficient (Wildman–Crippen LogP) is 3.69. The maximum absolute atomic E-state index is 12.4. The molecule has 0 aliphatic carbocycles. The van der Waals surface area contributed by atoms with Crippen molar-refractivity contribution in [3.63, 3.8) is 0 Å². The van der Waals surface area contributed by atoms with Crippen molar-refractivity contribution in [1.82, 2.24) is 20.2 Å². The number of rotatable bonds is 8. The topological polar surface area (TPSA) is 80.9 Å². The molecule has 0 unspecified atom stereocenters. The Morgan fingerprint density at radius 2 is 1.85 bits per heavy atom. The summed E-state index contributed by atoms with van der Waals surface area (Å²) in [4.78, 5) is 12.4. The van der Waals surface area contributed by atoms with Gasteiger partial charge in [-0.25, -0.2) is 0 Å². The average molecular weight is 368 g/mol. The summed E-state index contributed by atoms with van der Waals surface area (Å²) in [6.45, 7) is 2.17. The van der Waals surface area contributed by atoms with Crippen molar-refractivity contribution >= 4 is 17.5 Å². The van der Waals surface area contributed by atoms with E-state index < -0.39 is 0 Å². The Kier molecular flexibility index (Phi) is 6.01. The minimum Gasteiger partial charge on any atom is -0.508 e. The minimum atomic E-state index is 0.0392. The lowest BCUT2D eigenvalue weighted by Gasteiger charge is -2.05. The van der Waals surface area contributed by atoms with Crippen molar-refractivity contribution in [2.75, 3.05) is 5.75 Å². The van der Waals surface area contributed by atoms with Crippen LogP contribution in [0.3, 0.4) is 0 Å². The highest BCUT2D eigenvalue weighted by atomic mass is 32.2. The number of carbonyl (C=O) groups excluding carboxylic acids is 1. The second kappa shape index (κ2) is 8.62. The fraction of sp³-hybridized carbons (Fsp3) is 0.263. The third-order valence-electron chi connectivity index (χ3n) is 3.96. The normalized spacial score (nSPS) is 10.8. The van der Waals surface area contributed by atoms with Gasteiger partial charge in [0.2, 0.25) is 5.16 Å². The molecule has 0 atom stereocenters. The summed E-state index contributed by atoms with van der Waals surface area (Å²) < 4.78 is 1.55. The Bertz CT molecular complexity index is 860. The van der Waals surface area contributed by atoms with Gasteiger partial charge in [-0.2, -0.15) is 4.68 Å². The molecule has 3 aromatic rings. The van der Waals surface area contributed by atoms with E-state index in [0.717, 1.165) is 24.9 Å². The van der Waals surface area contributed by atoms with Gasteiger partial charge in [0.1, 0.15) is 5.75 Å². The third-order valence-corrected chi connectivity index (χ3v) is 4.88. The Morgan fingerprint density at radius 3 is 2.54 bits per heavy atom. The lowest BCUT2D eigenvalue weighted by Crippen LogP contribution is -2.05. The number of tetrazole rings is 1. The molecule has 2 aromatic carbocycles. The monoisotopic (exact) mass is 368 g/mol. The van der Waals surface area contributed by atoms with Crippen LogP contribution in [-0.2, 0) is 6.42 Å². The Morgan fingerprint density at radius 1 is 1.12 bits per heavy atom. The number of carbonyl (C=O) groups is 1. The molecule has 0 aliphatic heterocycles. The van der Waals surface area contributed by atoms with Crippen LogP contribution in [0.15, 0.2) is 53.7 Å². The summed E-state index contributed by atoms with van der Waals surface area (Å²) in [6.07, 6.45) is 3.36. The van der Waals surface area contributed by atoms with Crippen molar-refractivity contribution in [2.45, 2.75) is 31.3 Å². The molecule has 134 valence electrons. The van der Waals surface area contributed by atoms with Crippen molar-refractivity contribution in [3.8, 4) is 11.4 Å². The molecule has 0 radical (unpaired) electrons. The molecule has 0 bridgehead atoms. The standard InChI is InChI=1S/C19H20N4O2S/c1-2-3-4-14-5-7-15(8-6-14)18(25)13-26-19-20-21-22-23(19)16-9-11-17(24)12-10-16/h5-12,24H,2-4,13H2,1H3. The number of Topliss-reactive ketones (excluding diaryl/α,β-unsaturated/α-hetero) is 1. The number of aryl methyl sites for hydroxylation is 1. The van der Waals surface area contributed by atoms with Crippen LogP contribution < -0.4 is 0 Å². The van der Waals surface area contributed by atoms with Gasteiger partial charge < -0.3 is 5.11 Å². The van der Waals surface area contributed by atoms with Gasteiger partial charge >= 0.3 is 0 Å². The number of aromatic nitrogens is 4. The Balaban J connectivity index is 1.63. The molecule has 7 heteroatoms. The number of benzene rings is 2. The number of phenolic OH excluding ortho intramolecular Hbond substituents is 1. The largest absolute Gasteiger partial charge is 0.508 e. The van der Waals surface area contributed by atoms with Crippen LogP contribution in [0.25, 0.3) is 5.69 Å². The van der Waals surface area contributed by atoms with Crippen molar-refractivity contribution in [2.24, 2.45) is 0 Å². The van der Waals surface area contributed by atoms with Crippen LogP contribution in [0, 0.1) is 0 Å². The van der Waals surface area contributed by atoms with Crippen molar-refractivity contribution in [3.05, 3.63) is 59.7 Å². The quantitative estimate of drug-likeness (QED) is 0.482. The first-order valence-corrected chi connectivity index (χ1v) is 9.48. The first kappa shape index (κ1) is 18.1. The summed E-state index contributed by atoms with van der Waals surface area (Å²) in [5.41, 5.74) is 2.68. The molecule has 6 nitrogen and oxygen atoms in total. The van der Waals surface area contributed by atoms with E-state index in [4.69, 9.17) is 0 Å². The van der Waals surface area contributed by atoms with Crippen LogP contribution in [0.2, 0.25) is 0 Å². The fourth-order valence-corrected chi connectivity index (χ4v) is 3.26. The van der Waals surface area contributed by atoms with Crippen LogP contribution >= 0.6 is 11.8 Å². The molecular weight excluding hydrogens is 348 g/mol. The van der Waals surface area contributed by atoms with Gasteiger partial charge in [-0.15, -0.1) is 5.10 Å². The fourth-order valence-electron chi connectivity index (χ4n) is 2.48. The van der Waals surface area contributed by atoms with Gasteiger partial charge in [-0.1, -0.05) is 49.4 Å². The number of hydrogen-bond acceptors (Lipinski definition) is 6. The Labute approximate surface area is 156 Å². The number of ketones is 1. The number of aromatic hydroxyl groups is 1. The zero-order valence-electron chi connectivity index (χ0n) is 14.5.